The van der Waals surface area contributed by atoms with Crippen LogP contribution in [0.25, 0.3) is 33.8 Å². The van der Waals surface area contributed by atoms with Gasteiger partial charge in [0.2, 0.25) is 5.89 Å². The fourth-order valence-corrected chi connectivity index (χ4v) is 3.35. The number of fused-ring (bicyclic) bond motifs is 1. The maximum Gasteiger partial charge on any atom is 0.252 e. The number of carbonyl (C=O) groups is 1. The number of hydrogen-bond donors (Lipinski definition) is 2. The molecule has 0 radical (unpaired) electrons. The molecule has 6 heteroatoms. The van der Waals surface area contributed by atoms with Crippen LogP contribution in [-0.4, -0.2) is 20.9 Å². The van der Waals surface area contributed by atoms with Crippen molar-refractivity contribution in [2.45, 2.75) is 6.54 Å². The summed E-state index contributed by atoms with van der Waals surface area (Å²) in [6.07, 6.45) is 1.67. The summed E-state index contributed by atoms with van der Waals surface area (Å²) < 4.78 is 5.94. The number of oxazole rings is 1. The van der Waals surface area contributed by atoms with Gasteiger partial charge in [-0.15, -0.1) is 0 Å². The molecule has 0 bridgehead atoms. The largest absolute Gasteiger partial charge is 0.436 e. The summed E-state index contributed by atoms with van der Waals surface area (Å²) in [5.41, 5.74) is 3.88. The number of aromatic amines is 1. The molecular weight excluding hydrogens is 376 g/mol. The quantitative estimate of drug-likeness (QED) is 0.448. The molecule has 146 valence electrons. The number of amides is 1. The molecule has 2 N–H and O–H groups in total. The predicted molar refractivity (Wildman–Crippen MR) is 115 cm³/mol. The van der Waals surface area contributed by atoms with Gasteiger partial charge in [-0.3, -0.25) is 4.79 Å². The van der Waals surface area contributed by atoms with E-state index in [2.05, 4.69) is 20.3 Å². The number of nitrogens with zero attached hydrogens (tertiary/aromatic N) is 2. The minimum atomic E-state index is -0.217. The van der Waals surface area contributed by atoms with E-state index in [0.717, 1.165) is 16.6 Å². The van der Waals surface area contributed by atoms with E-state index >= 15 is 0 Å². The van der Waals surface area contributed by atoms with Gasteiger partial charge in [0.1, 0.15) is 5.82 Å². The van der Waals surface area contributed by atoms with Crippen LogP contribution in [0.3, 0.4) is 0 Å². The highest BCUT2D eigenvalue weighted by atomic mass is 16.4. The molecule has 2 heterocycles. The number of nitrogens with one attached hydrogen (secondary N) is 2. The van der Waals surface area contributed by atoms with Crippen molar-refractivity contribution in [1.29, 1.82) is 0 Å². The summed E-state index contributed by atoms with van der Waals surface area (Å²) in [5.74, 6) is 1.54. The Labute approximate surface area is 172 Å². The summed E-state index contributed by atoms with van der Waals surface area (Å²) in [4.78, 5) is 25.0. The lowest BCUT2D eigenvalue weighted by Gasteiger charge is -2.07. The van der Waals surface area contributed by atoms with E-state index in [9.17, 15) is 4.79 Å². The molecule has 0 atom stereocenters. The topological polar surface area (TPSA) is 83.8 Å². The van der Waals surface area contributed by atoms with E-state index in [0.29, 0.717) is 35.1 Å². The van der Waals surface area contributed by atoms with Crippen LogP contribution in [0.5, 0.6) is 0 Å². The molecule has 0 saturated carbocycles. The van der Waals surface area contributed by atoms with E-state index < -0.39 is 0 Å². The molecule has 1 amide bonds. The molecule has 30 heavy (non-hydrogen) atoms. The summed E-state index contributed by atoms with van der Waals surface area (Å²) in [5, 5.41) is 2.92. The normalized spacial score (nSPS) is 10.9. The fourth-order valence-electron chi connectivity index (χ4n) is 3.35. The monoisotopic (exact) mass is 394 g/mol. The number of rotatable bonds is 5. The lowest BCUT2D eigenvalue weighted by atomic mass is 10.1. The number of carbonyl (C=O) groups excluding carboxylic acids is 1. The first-order chi connectivity index (χ1) is 14.8. The lowest BCUT2D eigenvalue weighted by Crippen LogP contribution is -2.24. The van der Waals surface area contributed by atoms with E-state index in [-0.39, 0.29) is 5.91 Å². The third kappa shape index (κ3) is 3.46. The number of imidazole rings is 1. The van der Waals surface area contributed by atoms with Crippen LogP contribution < -0.4 is 5.32 Å². The van der Waals surface area contributed by atoms with E-state index in [4.69, 9.17) is 4.42 Å². The number of aromatic nitrogens is 3. The molecule has 0 aliphatic rings. The molecule has 6 nitrogen and oxygen atoms in total. The zero-order valence-electron chi connectivity index (χ0n) is 16.0. The highest BCUT2D eigenvalue weighted by molar-refractivity contribution is 6.00. The predicted octanol–water partition coefficient (Wildman–Crippen LogP) is 4.81. The van der Waals surface area contributed by atoms with Gasteiger partial charge in [0, 0.05) is 11.1 Å². The number of benzene rings is 3. The average molecular weight is 394 g/mol. The average Bonchev–Trinajstić information content (AvgIpc) is 3.45. The van der Waals surface area contributed by atoms with Crippen LogP contribution >= 0.6 is 0 Å². The van der Waals surface area contributed by atoms with Crippen molar-refractivity contribution in [3.05, 3.63) is 96.4 Å². The Morgan fingerprint density at radius 2 is 1.70 bits per heavy atom. The van der Waals surface area contributed by atoms with Gasteiger partial charge in [-0.2, -0.15) is 0 Å². The first-order valence-corrected chi connectivity index (χ1v) is 9.60. The molecule has 5 rings (SSSR count). The lowest BCUT2D eigenvalue weighted by molar-refractivity contribution is 0.0950. The van der Waals surface area contributed by atoms with Crippen LogP contribution in [0, 0.1) is 0 Å². The van der Waals surface area contributed by atoms with Crippen molar-refractivity contribution in [1.82, 2.24) is 20.3 Å². The number of para-hydroxylation sites is 2. The van der Waals surface area contributed by atoms with E-state index in [1.807, 2.05) is 72.8 Å². The molecule has 5 aromatic rings. The molecule has 0 unspecified atom stereocenters. The first-order valence-electron chi connectivity index (χ1n) is 9.60. The standard InChI is InChI=1S/C24H18N4O2/c29-23(25-15-22-27-19-12-6-7-13-20(19)28-22)17-10-4-5-11-18(17)24-26-14-21(30-24)16-8-2-1-3-9-16/h1-14H,15H2,(H,25,29)(H,27,28). The Kier molecular flexibility index (Phi) is 4.57. The Balaban J connectivity index is 1.38. The zero-order valence-corrected chi connectivity index (χ0v) is 16.0. The third-order valence-electron chi connectivity index (χ3n) is 4.82. The van der Waals surface area contributed by atoms with Gasteiger partial charge in [0.25, 0.3) is 5.91 Å². The minimum absolute atomic E-state index is 0.217. The van der Waals surface area contributed by atoms with E-state index in [1.165, 1.54) is 0 Å². The molecule has 2 aromatic heterocycles. The SMILES string of the molecule is O=C(NCc1nc2ccccc2[nH]1)c1ccccc1-c1ncc(-c2ccccc2)o1. The van der Waals surface area contributed by atoms with Crippen molar-refractivity contribution in [3.63, 3.8) is 0 Å². The van der Waals surface area contributed by atoms with Gasteiger partial charge in [0.15, 0.2) is 5.76 Å². The molecule has 0 saturated heterocycles. The van der Waals surface area contributed by atoms with Crippen molar-refractivity contribution >= 4 is 16.9 Å². The maximum atomic E-state index is 12.9. The highest BCUT2D eigenvalue weighted by Gasteiger charge is 2.17. The van der Waals surface area contributed by atoms with Crippen LogP contribution in [-0.2, 0) is 6.54 Å². The van der Waals surface area contributed by atoms with Gasteiger partial charge in [-0.05, 0) is 24.3 Å². The second-order valence-electron chi connectivity index (χ2n) is 6.82. The molecule has 0 aliphatic heterocycles. The van der Waals surface area contributed by atoms with Crippen molar-refractivity contribution in [3.8, 4) is 22.8 Å². The van der Waals surface area contributed by atoms with Crippen LogP contribution in [0.4, 0.5) is 0 Å². The van der Waals surface area contributed by atoms with Gasteiger partial charge in [-0.25, -0.2) is 9.97 Å². The minimum Gasteiger partial charge on any atom is -0.436 e. The number of H-pyrrole nitrogens is 1. The van der Waals surface area contributed by atoms with Crippen molar-refractivity contribution < 1.29 is 9.21 Å². The summed E-state index contributed by atoms with van der Waals surface area (Å²) in [6, 6.07) is 24.8. The Hall–Kier alpha value is -4.19. The Bertz CT molecular complexity index is 1290. The Morgan fingerprint density at radius 1 is 0.933 bits per heavy atom. The van der Waals surface area contributed by atoms with Gasteiger partial charge < -0.3 is 14.7 Å². The van der Waals surface area contributed by atoms with Gasteiger partial charge in [-0.1, -0.05) is 54.6 Å². The van der Waals surface area contributed by atoms with Crippen LogP contribution in [0.15, 0.2) is 89.5 Å². The maximum absolute atomic E-state index is 12.9. The van der Waals surface area contributed by atoms with Gasteiger partial charge >= 0.3 is 0 Å². The van der Waals surface area contributed by atoms with Crippen molar-refractivity contribution in [2.75, 3.05) is 0 Å². The van der Waals surface area contributed by atoms with Crippen molar-refractivity contribution in [2.24, 2.45) is 0 Å². The van der Waals surface area contributed by atoms with Crippen LogP contribution in [0.1, 0.15) is 16.2 Å². The first kappa shape index (κ1) is 17.9. The molecule has 0 spiro atoms. The Morgan fingerprint density at radius 3 is 2.57 bits per heavy atom. The third-order valence-corrected chi connectivity index (χ3v) is 4.82. The fraction of sp³-hybridized carbons (Fsp3) is 0.0417. The smallest absolute Gasteiger partial charge is 0.252 e. The highest BCUT2D eigenvalue weighted by Crippen LogP contribution is 2.28. The zero-order chi connectivity index (χ0) is 20.3. The summed E-state index contributed by atoms with van der Waals surface area (Å²) >= 11 is 0. The number of hydrogen-bond acceptors (Lipinski definition) is 4. The second kappa shape index (κ2) is 7.67. The van der Waals surface area contributed by atoms with Gasteiger partial charge in [0.05, 0.1) is 29.3 Å². The molecule has 3 aromatic carbocycles. The summed E-state index contributed by atoms with van der Waals surface area (Å²) in [6.45, 7) is 0.294. The van der Waals surface area contributed by atoms with E-state index in [1.54, 1.807) is 12.3 Å². The second-order valence-corrected chi connectivity index (χ2v) is 6.82. The summed E-state index contributed by atoms with van der Waals surface area (Å²) in [7, 11) is 0. The van der Waals surface area contributed by atoms with Crippen LogP contribution in [0.2, 0.25) is 0 Å². The molecule has 0 fully saturated rings. The molecular formula is C24H18N4O2. The molecule has 0 aliphatic carbocycles.